The fraction of sp³-hybridized carbons (Fsp3) is 1.00. The quantitative estimate of drug-likeness (QED) is 0.666. The maximum absolute atomic E-state index is 11.3. The number of fused-ring (bicyclic) bond motifs is 1. The lowest BCUT2D eigenvalue weighted by Gasteiger charge is -2.35. The van der Waals surface area contributed by atoms with Gasteiger partial charge < -0.3 is 18.9 Å². The van der Waals surface area contributed by atoms with Crippen molar-refractivity contribution in [2.45, 2.75) is 44.2 Å². The SMILES string of the molecule is CO[C@H]1OC[C@@H]2OC(C)(C)O[C@@H]2[C@H]1OS(C)(=O)=O. The van der Waals surface area contributed by atoms with Crippen LogP contribution in [0.2, 0.25) is 0 Å². The van der Waals surface area contributed by atoms with Gasteiger partial charge in [-0.3, -0.25) is 4.18 Å². The van der Waals surface area contributed by atoms with E-state index in [1.165, 1.54) is 7.11 Å². The van der Waals surface area contributed by atoms with Crippen molar-refractivity contribution in [1.29, 1.82) is 0 Å². The predicted octanol–water partition coefficient (Wildman–Crippen LogP) is -0.146. The van der Waals surface area contributed by atoms with Gasteiger partial charge in [-0.15, -0.1) is 0 Å². The largest absolute Gasteiger partial charge is 0.353 e. The van der Waals surface area contributed by atoms with Gasteiger partial charge in [0.15, 0.2) is 18.2 Å². The number of hydrogen-bond acceptors (Lipinski definition) is 7. The Morgan fingerprint density at radius 1 is 1.28 bits per heavy atom. The Morgan fingerprint density at radius 3 is 2.50 bits per heavy atom. The van der Waals surface area contributed by atoms with Crippen molar-refractivity contribution in [3.63, 3.8) is 0 Å². The van der Waals surface area contributed by atoms with E-state index in [1.54, 1.807) is 13.8 Å². The molecule has 0 radical (unpaired) electrons. The minimum Gasteiger partial charge on any atom is -0.353 e. The normalized spacial score (nSPS) is 39.6. The minimum absolute atomic E-state index is 0.274. The molecule has 2 rings (SSSR count). The zero-order valence-corrected chi connectivity index (χ0v) is 11.6. The number of methoxy groups -OCH3 is 1. The van der Waals surface area contributed by atoms with Crippen molar-refractivity contribution >= 4 is 10.1 Å². The average molecular weight is 282 g/mol. The summed E-state index contributed by atoms with van der Waals surface area (Å²) >= 11 is 0. The van der Waals surface area contributed by atoms with Crippen LogP contribution in [0.25, 0.3) is 0 Å². The summed E-state index contributed by atoms with van der Waals surface area (Å²) in [6.45, 7) is 3.78. The molecule has 18 heavy (non-hydrogen) atoms. The van der Waals surface area contributed by atoms with Crippen molar-refractivity contribution in [1.82, 2.24) is 0 Å². The summed E-state index contributed by atoms with van der Waals surface area (Å²) < 4.78 is 49.3. The Kier molecular flexibility index (Phi) is 3.69. The highest BCUT2D eigenvalue weighted by Gasteiger charge is 2.53. The van der Waals surface area contributed by atoms with Crippen LogP contribution < -0.4 is 0 Å². The molecule has 4 atom stereocenters. The molecule has 106 valence electrons. The molecule has 0 aromatic rings. The van der Waals surface area contributed by atoms with Crippen molar-refractivity contribution in [2.75, 3.05) is 20.0 Å². The topological polar surface area (TPSA) is 80.3 Å². The first kappa shape index (κ1) is 14.2. The second-order valence-electron chi connectivity index (χ2n) is 4.84. The Labute approximate surface area is 106 Å². The summed E-state index contributed by atoms with van der Waals surface area (Å²) in [4.78, 5) is 0. The van der Waals surface area contributed by atoms with Crippen LogP contribution in [0.15, 0.2) is 0 Å². The third-order valence-corrected chi connectivity index (χ3v) is 3.33. The Hall–Kier alpha value is -0.250. The highest BCUT2D eigenvalue weighted by atomic mass is 32.2. The van der Waals surface area contributed by atoms with Crippen molar-refractivity contribution in [2.24, 2.45) is 0 Å². The van der Waals surface area contributed by atoms with E-state index >= 15 is 0 Å². The molecule has 7 nitrogen and oxygen atoms in total. The highest BCUT2D eigenvalue weighted by molar-refractivity contribution is 7.86. The predicted molar refractivity (Wildman–Crippen MR) is 60.3 cm³/mol. The molecule has 0 aromatic carbocycles. The number of hydrogen-bond donors (Lipinski definition) is 0. The van der Waals surface area contributed by atoms with Crippen LogP contribution in [-0.2, 0) is 33.2 Å². The van der Waals surface area contributed by atoms with E-state index in [-0.39, 0.29) is 12.7 Å². The molecule has 0 N–H and O–H groups in total. The molecular weight excluding hydrogens is 264 g/mol. The Bertz CT molecular complexity index is 404. The van der Waals surface area contributed by atoms with Gasteiger partial charge in [0, 0.05) is 7.11 Å². The molecule has 0 amide bonds. The lowest BCUT2D eigenvalue weighted by molar-refractivity contribution is -0.233. The summed E-state index contributed by atoms with van der Waals surface area (Å²) in [6.07, 6.45) is -1.58. The third kappa shape index (κ3) is 3.01. The van der Waals surface area contributed by atoms with Gasteiger partial charge in [0.05, 0.1) is 12.9 Å². The third-order valence-electron chi connectivity index (χ3n) is 2.76. The van der Waals surface area contributed by atoms with Gasteiger partial charge in [0.2, 0.25) is 0 Å². The molecule has 0 bridgehead atoms. The summed E-state index contributed by atoms with van der Waals surface area (Å²) in [5.41, 5.74) is 0. The number of rotatable bonds is 3. The molecule has 2 fully saturated rings. The molecular formula is C10H18O7S. The molecule has 8 heteroatoms. The van der Waals surface area contributed by atoms with E-state index in [0.29, 0.717) is 0 Å². The van der Waals surface area contributed by atoms with Crippen LogP contribution in [-0.4, -0.2) is 58.8 Å². The average Bonchev–Trinajstić information content (AvgIpc) is 2.51. The Morgan fingerprint density at radius 2 is 1.94 bits per heavy atom. The maximum Gasteiger partial charge on any atom is 0.264 e. The van der Waals surface area contributed by atoms with Gasteiger partial charge in [-0.05, 0) is 13.8 Å². The van der Waals surface area contributed by atoms with Gasteiger partial charge in [-0.25, -0.2) is 0 Å². The summed E-state index contributed by atoms with van der Waals surface area (Å²) in [5, 5.41) is 0. The van der Waals surface area contributed by atoms with E-state index in [2.05, 4.69) is 0 Å². The smallest absolute Gasteiger partial charge is 0.264 e. The Balaban J connectivity index is 2.20. The van der Waals surface area contributed by atoms with Crippen molar-refractivity contribution < 1.29 is 31.5 Å². The van der Waals surface area contributed by atoms with Crippen LogP contribution in [0.1, 0.15) is 13.8 Å². The van der Waals surface area contributed by atoms with Crippen LogP contribution in [0, 0.1) is 0 Å². The van der Waals surface area contributed by atoms with Crippen LogP contribution in [0.3, 0.4) is 0 Å². The first-order valence-electron chi connectivity index (χ1n) is 5.60. The van der Waals surface area contributed by atoms with Crippen LogP contribution in [0.5, 0.6) is 0 Å². The molecule has 2 aliphatic heterocycles. The second-order valence-corrected chi connectivity index (χ2v) is 6.44. The highest BCUT2D eigenvalue weighted by Crippen LogP contribution is 2.36. The van der Waals surface area contributed by atoms with E-state index < -0.39 is 34.4 Å². The van der Waals surface area contributed by atoms with E-state index in [0.717, 1.165) is 6.26 Å². The van der Waals surface area contributed by atoms with E-state index in [4.69, 9.17) is 23.1 Å². The molecule has 2 aliphatic rings. The van der Waals surface area contributed by atoms with Gasteiger partial charge in [-0.2, -0.15) is 8.42 Å². The van der Waals surface area contributed by atoms with Gasteiger partial charge in [-0.1, -0.05) is 0 Å². The lowest BCUT2D eigenvalue weighted by Crippen LogP contribution is -2.54. The maximum atomic E-state index is 11.3. The fourth-order valence-corrected chi connectivity index (χ4v) is 2.82. The summed E-state index contributed by atoms with van der Waals surface area (Å²) in [5.74, 6) is -0.791. The summed E-state index contributed by atoms with van der Waals surface area (Å²) in [7, 11) is -2.22. The van der Waals surface area contributed by atoms with Gasteiger partial charge in [0.25, 0.3) is 10.1 Å². The zero-order chi connectivity index (χ0) is 13.6. The van der Waals surface area contributed by atoms with E-state index in [1.807, 2.05) is 0 Å². The first-order valence-corrected chi connectivity index (χ1v) is 7.42. The zero-order valence-electron chi connectivity index (χ0n) is 10.8. The molecule has 0 spiro atoms. The lowest BCUT2D eigenvalue weighted by atomic mass is 10.1. The van der Waals surface area contributed by atoms with E-state index in [9.17, 15) is 8.42 Å². The van der Waals surface area contributed by atoms with Crippen molar-refractivity contribution in [3.05, 3.63) is 0 Å². The molecule has 0 aliphatic carbocycles. The molecule has 0 saturated carbocycles. The molecule has 0 aromatic heterocycles. The van der Waals surface area contributed by atoms with Gasteiger partial charge >= 0.3 is 0 Å². The monoisotopic (exact) mass is 282 g/mol. The molecule has 0 unspecified atom stereocenters. The second kappa shape index (κ2) is 4.69. The summed E-state index contributed by atoms with van der Waals surface area (Å²) in [6, 6.07) is 0. The van der Waals surface area contributed by atoms with Crippen molar-refractivity contribution in [3.8, 4) is 0 Å². The fourth-order valence-electron chi connectivity index (χ4n) is 2.21. The molecule has 2 heterocycles. The van der Waals surface area contributed by atoms with Crippen LogP contribution >= 0.6 is 0 Å². The van der Waals surface area contributed by atoms with Gasteiger partial charge in [0.1, 0.15) is 12.2 Å². The number of ether oxygens (including phenoxy) is 4. The first-order chi connectivity index (χ1) is 8.22. The standard InChI is InChI=1S/C10H18O7S/c1-10(2)15-6-5-14-9(13-3)8(7(6)16-10)17-18(4,11)12/h6-9H,5H2,1-4H3/t6-,7-,8+,9-/m0/s1. The molecule has 2 saturated heterocycles. The van der Waals surface area contributed by atoms with Crippen LogP contribution in [0.4, 0.5) is 0 Å². The minimum atomic E-state index is -3.64.